The quantitative estimate of drug-likeness (QED) is 0.901. The lowest BCUT2D eigenvalue weighted by molar-refractivity contribution is -0.141. The molecule has 0 bridgehead atoms. The molecule has 2 rings (SSSR count). The Balaban J connectivity index is 2.09. The molecule has 1 aromatic rings. The third kappa shape index (κ3) is 3.53. The van der Waals surface area contributed by atoms with Gasteiger partial charge in [-0.15, -0.1) is 0 Å². The molecule has 1 aromatic carbocycles. The fourth-order valence-corrected chi connectivity index (χ4v) is 2.52. The standard InChI is InChI=1S/C14H14F3NO3/c15-14(16,17)10-3-1-2-4-11(10)18-12(19)8-5-6-9(7-8)13(20)21/h1-4,8-9H,5-7H2,(H,18,19)(H,20,21)/t8-,9+/m1/s1. The van der Waals surface area contributed by atoms with Gasteiger partial charge in [-0.05, 0) is 31.4 Å². The summed E-state index contributed by atoms with van der Waals surface area (Å²) in [4.78, 5) is 22.8. The molecule has 114 valence electrons. The molecule has 1 aliphatic rings. The maximum Gasteiger partial charge on any atom is 0.418 e. The molecule has 1 aliphatic carbocycles. The number of carboxylic acid groups (broad SMARTS) is 1. The summed E-state index contributed by atoms with van der Waals surface area (Å²) < 4.78 is 38.4. The number of hydrogen-bond acceptors (Lipinski definition) is 2. The number of hydrogen-bond donors (Lipinski definition) is 2. The van der Waals surface area contributed by atoms with Gasteiger partial charge in [-0.2, -0.15) is 13.2 Å². The topological polar surface area (TPSA) is 66.4 Å². The zero-order chi connectivity index (χ0) is 15.6. The van der Waals surface area contributed by atoms with Gasteiger partial charge in [-0.25, -0.2) is 0 Å². The molecule has 1 amide bonds. The average molecular weight is 301 g/mol. The molecule has 4 nitrogen and oxygen atoms in total. The smallest absolute Gasteiger partial charge is 0.418 e. The van der Waals surface area contributed by atoms with E-state index in [1.165, 1.54) is 18.2 Å². The molecular weight excluding hydrogens is 287 g/mol. The van der Waals surface area contributed by atoms with Crippen molar-refractivity contribution < 1.29 is 27.9 Å². The molecule has 2 N–H and O–H groups in total. The Morgan fingerprint density at radius 1 is 1.14 bits per heavy atom. The van der Waals surface area contributed by atoms with E-state index in [0.717, 1.165) is 6.07 Å². The van der Waals surface area contributed by atoms with Gasteiger partial charge in [-0.3, -0.25) is 9.59 Å². The van der Waals surface area contributed by atoms with Crippen LogP contribution in [0.4, 0.5) is 18.9 Å². The van der Waals surface area contributed by atoms with Crippen LogP contribution in [0.3, 0.4) is 0 Å². The van der Waals surface area contributed by atoms with Crippen molar-refractivity contribution in [2.24, 2.45) is 11.8 Å². The van der Waals surface area contributed by atoms with E-state index in [1.807, 2.05) is 0 Å². The molecule has 1 saturated carbocycles. The van der Waals surface area contributed by atoms with Gasteiger partial charge in [0.05, 0.1) is 17.2 Å². The molecule has 1 fully saturated rings. The first-order chi connectivity index (χ1) is 9.79. The van der Waals surface area contributed by atoms with Crippen LogP contribution in [0.25, 0.3) is 0 Å². The van der Waals surface area contributed by atoms with Gasteiger partial charge in [0.1, 0.15) is 0 Å². The van der Waals surface area contributed by atoms with Gasteiger partial charge in [0.25, 0.3) is 0 Å². The van der Waals surface area contributed by atoms with E-state index in [4.69, 9.17) is 5.11 Å². The highest BCUT2D eigenvalue weighted by atomic mass is 19.4. The van der Waals surface area contributed by atoms with E-state index in [9.17, 15) is 22.8 Å². The predicted molar refractivity (Wildman–Crippen MR) is 68.5 cm³/mol. The maximum absolute atomic E-state index is 12.8. The zero-order valence-corrected chi connectivity index (χ0v) is 11.0. The Hall–Kier alpha value is -2.05. The molecule has 0 radical (unpaired) electrons. The molecule has 0 aliphatic heterocycles. The second-order valence-corrected chi connectivity index (χ2v) is 5.08. The molecule has 0 aromatic heterocycles. The molecule has 21 heavy (non-hydrogen) atoms. The average Bonchev–Trinajstić information content (AvgIpc) is 2.88. The van der Waals surface area contributed by atoms with Gasteiger partial charge < -0.3 is 10.4 Å². The van der Waals surface area contributed by atoms with Crippen molar-refractivity contribution in [3.05, 3.63) is 29.8 Å². The number of nitrogens with one attached hydrogen (secondary N) is 1. The minimum absolute atomic E-state index is 0.162. The summed E-state index contributed by atoms with van der Waals surface area (Å²) >= 11 is 0. The van der Waals surface area contributed by atoms with Gasteiger partial charge in [0.2, 0.25) is 5.91 Å². The fourth-order valence-electron chi connectivity index (χ4n) is 2.52. The lowest BCUT2D eigenvalue weighted by atomic mass is 10.0. The number of alkyl halides is 3. The number of anilines is 1. The lowest BCUT2D eigenvalue weighted by Crippen LogP contribution is -2.23. The fraction of sp³-hybridized carbons (Fsp3) is 0.429. The van der Waals surface area contributed by atoms with Gasteiger partial charge in [0, 0.05) is 5.92 Å². The predicted octanol–water partition coefficient (Wildman–Crippen LogP) is 3.14. The summed E-state index contributed by atoms with van der Waals surface area (Å²) in [5, 5.41) is 11.1. The molecule has 0 spiro atoms. The Bertz CT molecular complexity index is 557. The highest BCUT2D eigenvalue weighted by Gasteiger charge is 2.36. The summed E-state index contributed by atoms with van der Waals surface area (Å²) in [5.74, 6) is -2.69. The first kappa shape index (κ1) is 15.3. The van der Waals surface area contributed by atoms with Crippen LogP contribution in [0.15, 0.2) is 24.3 Å². The minimum Gasteiger partial charge on any atom is -0.481 e. The number of carboxylic acids is 1. The van der Waals surface area contributed by atoms with E-state index in [-0.39, 0.29) is 12.1 Å². The SMILES string of the molecule is O=C(O)[C@H]1CC[C@@H](C(=O)Nc2ccccc2C(F)(F)F)C1. The Labute approximate surface area is 119 Å². The van der Waals surface area contributed by atoms with Crippen LogP contribution in [0.5, 0.6) is 0 Å². The van der Waals surface area contributed by atoms with E-state index in [2.05, 4.69) is 5.32 Å². The lowest BCUT2D eigenvalue weighted by Gasteiger charge is -2.15. The number of amides is 1. The highest BCUT2D eigenvalue weighted by molar-refractivity contribution is 5.94. The summed E-state index contributed by atoms with van der Waals surface area (Å²) in [6, 6.07) is 4.72. The van der Waals surface area contributed by atoms with Crippen LogP contribution < -0.4 is 5.32 Å². The van der Waals surface area contributed by atoms with Crippen LogP contribution in [0.2, 0.25) is 0 Å². The van der Waals surface area contributed by atoms with Crippen molar-refractivity contribution >= 4 is 17.6 Å². The second kappa shape index (κ2) is 5.75. The largest absolute Gasteiger partial charge is 0.481 e. The van der Waals surface area contributed by atoms with Crippen LogP contribution in [0.1, 0.15) is 24.8 Å². The first-order valence-electron chi connectivity index (χ1n) is 6.49. The summed E-state index contributed by atoms with van der Waals surface area (Å²) in [6.07, 6.45) is -3.65. The molecule has 7 heteroatoms. The van der Waals surface area contributed by atoms with E-state index in [1.54, 1.807) is 0 Å². The van der Waals surface area contributed by atoms with Crippen LogP contribution in [0, 0.1) is 11.8 Å². The number of rotatable bonds is 3. The number of benzene rings is 1. The van der Waals surface area contributed by atoms with Gasteiger partial charge in [-0.1, -0.05) is 12.1 Å². The molecule has 0 unspecified atom stereocenters. The normalized spacial score (nSPS) is 22.0. The van der Waals surface area contributed by atoms with Crippen molar-refractivity contribution in [3.63, 3.8) is 0 Å². The number of carbonyl (C=O) groups is 2. The molecule has 0 heterocycles. The number of carbonyl (C=O) groups excluding carboxylic acids is 1. The first-order valence-corrected chi connectivity index (χ1v) is 6.49. The van der Waals surface area contributed by atoms with Crippen molar-refractivity contribution in [1.82, 2.24) is 0 Å². The number of halogens is 3. The minimum atomic E-state index is -4.55. The maximum atomic E-state index is 12.8. The Morgan fingerprint density at radius 3 is 2.33 bits per heavy atom. The van der Waals surface area contributed by atoms with Crippen molar-refractivity contribution in [2.45, 2.75) is 25.4 Å². The Kier molecular flexibility index (Phi) is 4.20. The van der Waals surface area contributed by atoms with E-state index >= 15 is 0 Å². The van der Waals surface area contributed by atoms with Crippen molar-refractivity contribution in [2.75, 3.05) is 5.32 Å². The molecule has 0 saturated heterocycles. The van der Waals surface area contributed by atoms with Crippen LogP contribution in [-0.2, 0) is 15.8 Å². The zero-order valence-electron chi connectivity index (χ0n) is 11.0. The number of para-hydroxylation sites is 1. The Morgan fingerprint density at radius 2 is 1.76 bits per heavy atom. The monoisotopic (exact) mass is 301 g/mol. The summed E-state index contributed by atoms with van der Waals surface area (Å²) in [5.41, 5.74) is -1.21. The second-order valence-electron chi connectivity index (χ2n) is 5.08. The van der Waals surface area contributed by atoms with E-state index < -0.39 is 35.5 Å². The third-order valence-electron chi connectivity index (χ3n) is 3.64. The highest BCUT2D eigenvalue weighted by Crippen LogP contribution is 2.36. The van der Waals surface area contributed by atoms with E-state index in [0.29, 0.717) is 12.8 Å². The molecule has 2 atom stereocenters. The summed E-state index contributed by atoms with van der Waals surface area (Å²) in [6.45, 7) is 0. The van der Waals surface area contributed by atoms with Crippen molar-refractivity contribution in [1.29, 1.82) is 0 Å². The number of aliphatic carboxylic acids is 1. The van der Waals surface area contributed by atoms with Crippen LogP contribution >= 0.6 is 0 Å². The third-order valence-corrected chi connectivity index (χ3v) is 3.64. The molecular formula is C14H14F3NO3. The summed E-state index contributed by atoms with van der Waals surface area (Å²) in [7, 11) is 0. The van der Waals surface area contributed by atoms with Crippen molar-refractivity contribution in [3.8, 4) is 0 Å². The van der Waals surface area contributed by atoms with Gasteiger partial charge >= 0.3 is 12.1 Å². The van der Waals surface area contributed by atoms with Gasteiger partial charge in [0.15, 0.2) is 0 Å². The van der Waals surface area contributed by atoms with Crippen LogP contribution in [-0.4, -0.2) is 17.0 Å².